The van der Waals surface area contributed by atoms with Crippen molar-refractivity contribution < 1.29 is 14.3 Å². The van der Waals surface area contributed by atoms with Crippen molar-refractivity contribution in [1.82, 2.24) is 10.2 Å². The van der Waals surface area contributed by atoms with Gasteiger partial charge >= 0.3 is 12.0 Å². The van der Waals surface area contributed by atoms with E-state index >= 15 is 0 Å². The van der Waals surface area contributed by atoms with E-state index in [9.17, 15) is 9.59 Å². The van der Waals surface area contributed by atoms with E-state index < -0.39 is 0 Å². The molecule has 5 nitrogen and oxygen atoms in total. The second-order valence-corrected chi connectivity index (χ2v) is 4.68. The fraction of sp³-hybridized carbons (Fsp3) is 0.429. The molecule has 1 unspecified atom stereocenters. The van der Waals surface area contributed by atoms with E-state index in [-0.39, 0.29) is 24.5 Å². The summed E-state index contributed by atoms with van der Waals surface area (Å²) in [5.74, 6) is -0.299. The van der Waals surface area contributed by atoms with Crippen LogP contribution in [0.15, 0.2) is 24.3 Å². The Labute approximate surface area is 112 Å². The number of ether oxygens (including phenoxy) is 1. The molecule has 2 amide bonds. The third-order valence-corrected chi connectivity index (χ3v) is 3.28. The van der Waals surface area contributed by atoms with E-state index in [1.54, 1.807) is 4.90 Å². The first-order valence-electron chi connectivity index (χ1n) is 6.29. The monoisotopic (exact) mass is 262 g/mol. The van der Waals surface area contributed by atoms with Gasteiger partial charge in [0.2, 0.25) is 0 Å². The number of hydrogen-bond donors (Lipinski definition) is 1. The molecule has 1 aromatic carbocycles. The lowest BCUT2D eigenvalue weighted by Gasteiger charge is -2.13. The van der Waals surface area contributed by atoms with Crippen molar-refractivity contribution in [2.24, 2.45) is 0 Å². The largest absolute Gasteiger partial charge is 0.469 e. The molecule has 1 aliphatic rings. The standard InChI is InChI=1S/C14H18N2O3/c1-10-3-5-11(6-4-10)12-9-16(14(18)15-12)8-7-13(17)19-2/h3-6,12H,7-9H2,1-2H3,(H,15,18). The number of esters is 1. The highest BCUT2D eigenvalue weighted by Crippen LogP contribution is 2.20. The van der Waals surface area contributed by atoms with Crippen LogP contribution in [0, 0.1) is 6.92 Å². The Morgan fingerprint density at radius 2 is 2.11 bits per heavy atom. The molecule has 1 saturated heterocycles. The molecule has 0 aliphatic carbocycles. The number of hydrogen-bond acceptors (Lipinski definition) is 3. The van der Waals surface area contributed by atoms with Crippen molar-refractivity contribution in [2.75, 3.05) is 20.2 Å². The van der Waals surface area contributed by atoms with Crippen LogP contribution >= 0.6 is 0 Å². The minimum atomic E-state index is -0.299. The van der Waals surface area contributed by atoms with Crippen LogP contribution in [0.1, 0.15) is 23.6 Å². The van der Waals surface area contributed by atoms with Gasteiger partial charge in [-0.3, -0.25) is 4.79 Å². The maximum Gasteiger partial charge on any atom is 0.318 e. The summed E-state index contributed by atoms with van der Waals surface area (Å²) >= 11 is 0. The Kier molecular flexibility index (Phi) is 4.04. The van der Waals surface area contributed by atoms with E-state index in [0.29, 0.717) is 13.1 Å². The van der Waals surface area contributed by atoms with Crippen LogP contribution in [0.2, 0.25) is 0 Å². The Balaban J connectivity index is 1.95. The number of carbonyl (C=O) groups excluding carboxylic acids is 2. The van der Waals surface area contributed by atoms with Crippen molar-refractivity contribution in [3.63, 3.8) is 0 Å². The first-order chi connectivity index (χ1) is 9.10. The van der Waals surface area contributed by atoms with Crippen molar-refractivity contribution in [1.29, 1.82) is 0 Å². The average Bonchev–Trinajstić information content (AvgIpc) is 2.78. The predicted octanol–water partition coefficient (Wildman–Crippen LogP) is 1.62. The van der Waals surface area contributed by atoms with E-state index in [0.717, 1.165) is 5.56 Å². The van der Waals surface area contributed by atoms with Gasteiger partial charge < -0.3 is 15.0 Å². The Morgan fingerprint density at radius 1 is 1.42 bits per heavy atom. The second kappa shape index (κ2) is 5.73. The maximum atomic E-state index is 11.8. The summed E-state index contributed by atoms with van der Waals surface area (Å²) in [5.41, 5.74) is 2.27. The summed E-state index contributed by atoms with van der Waals surface area (Å²) in [6, 6.07) is 7.95. The van der Waals surface area contributed by atoms with Gasteiger partial charge in [0.15, 0.2) is 0 Å². The topological polar surface area (TPSA) is 58.6 Å². The highest BCUT2D eigenvalue weighted by molar-refractivity contribution is 5.78. The summed E-state index contributed by atoms with van der Waals surface area (Å²) in [7, 11) is 1.35. The SMILES string of the molecule is COC(=O)CCN1CC(c2ccc(C)cc2)NC1=O. The number of urea groups is 1. The normalized spacial score (nSPS) is 18.3. The molecule has 0 aromatic heterocycles. The maximum absolute atomic E-state index is 11.8. The molecule has 1 aliphatic heterocycles. The average molecular weight is 262 g/mol. The zero-order valence-electron chi connectivity index (χ0n) is 11.2. The lowest BCUT2D eigenvalue weighted by molar-refractivity contribution is -0.140. The fourth-order valence-electron chi connectivity index (χ4n) is 2.10. The van der Waals surface area contributed by atoms with Crippen LogP contribution in [0.4, 0.5) is 4.79 Å². The van der Waals surface area contributed by atoms with E-state index in [2.05, 4.69) is 10.1 Å². The molecular formula is C14H18N2O3. The molecule has 102 valence electrons. The molecule has 1 atom stereocenters. The zero-order chi connectivity index (χ0) is 13.8. The minimum Gasteiger partial charge on any atom is -0.469 e. The van der Waals surface area contributed by atoms with Crippen LogP contribution in [0.3, 0.4) is 0 Å². The van der Waals surface area contributed by atoms with Crippen molar-refractivity contribution in [2.45, 2.75) is 19.4 Å². The fourth-order valence-corrected chi connectivity index (χ4v) is 2.10. The molecule has 19 heavy (non-hydrogen) atoms. The van der Waals surface area contributed by atoms with Crippen LogP contribution in [0.5, 0.6) is 0 Å². The van der Waals surface area contributed by atoms with Crippen LogP contribution in [0.25, 0.3) is 0 Å². The highest BCUT2D eigenvalue weighted by atomic mass is 16.5. The highest BCUT2D eigenvalue weighted by Gasteiger charge is 2.29. The molecule has 1 fully saturated rings. The van der Waals surface area contributed by atoms with Crippen LogP contribution in [-0.2, 0) is 9.53 Å². The second-order valence-electron chi connectivity index (χ2n) is 4.68. The third-order valence-electron chi connectivity index (χ3n) is 3.28. The van der Waals surface area contributed by atoms with Gasteiger partial charge in [-0.25, -0.2) is 4.79 Å². The van der Waals surface area contributed by atoms with Gasteiger partial charge in [0.05, 0.1) is 19.6 Å². The number of nitrogens with zero attached hydrogens (tertiary/aromatic N) is 1. The number of methoxy groups -OCH3 is 1. The molecular weight excluding hydrogens is 244 g/mol. The lowest BCUT2D eigenvalue weighted by atomic mass is 10.1. The Morgan fingerprint density at radius 3 is 2.74 bits per heavy atom. The molecule has 0 spiro atoms. The number of amides is 2. The van der Waals surface area contributed by atoms with Gasteiger partial charge in [0.25, 0.3) is 0 Å². The summed E-state index contributed by atoms with van der Waals surface area (Å²) in [6.45, 7) is 3.00. The van der Waals surface area contributed by atoms with Gasteiger partial charge in [0, 0.05) is 13.1 Å². The molecule has 1 heterocycles. The van der Waals surface area contributed by atoms with Crippen LogP contribution in [-0.4, -0.2) is 37.1 Å². The predicted molar refractivity (Wildman–Crippen MR) is 70.7 cm³/mol. The molecule has 0 bridgehead atoms. The molecule has 2 rings (SSSR count). The first-order valence-corrected chi connectivity index (χ1v) is 6.29. The summed E-state index contributed by atoms with van der Waals surface area (Å²) < 4.78 is 4.57. The van der Waals surface area contributed by atoms with Gasteiger partial charge in [0.1, 0.15) is 0 Å². The third kappa shape index (κ3) is 3.24. The first kappa shape index (κ1) is 13.4. The zero-order valence-corrected chi connectivity index (χ0v) is 11.2. The van der Waals surface area contributed by atoms with Gasteiger partial charge in [-0.1, -0.05) is 29.8 Å². The van der Waals surface area contributed by atoms with E-state index in [1.165, 1.54) is 12.7 Å². The Bertz CT molecular complexity index is 470. The van der Waals surface area contributed by atoms with Crippen molar-refractivity contribution in [3.05, 3.63) is 35.4 Å². The lowest BCUT2D eigenvalue weighted by Crippen LogP contribution is -2.30. The summed E-state index contributed by atoms with van der Waals surface area (Å²) in [4.78, 5) is 24.5. The molecule has 0 radical (unpaired) electrons. The summed E-state index contributed by atoms with van der Waals surface area (Å²) in [5, 5.41) is 2.92. The number of rotatable bonds is 4. The van der Waals surface area contributed by atoms with Gasteiger partial charge in [-0.2, -0.15) is 0 Å². The Hall–Kier alpha value is -2.04. The van der Waals surface area contributed by atoms with Gasteiger partial charge in [-0.05, 0) is 12.5 Å². The minimum absolute atomic E-state index is 0.00857. The molecule has 1 aromatic rings. The van der Waals surface area contributed by atoms with Gasteiger partial charge in [-0.15, -0.1) is 0 Å². The quantitative estimate of drug-likeness (QED) is 0.839. The van der Waals surface area contributed by atoms with E-state index in [4.69, 9.17) is 0 Å². The molecule has 0 saturated carbocycles. The molecule has 1 N–H and O–H groups in total. The number of nitrogens with one attached hydrogen (secondary N) is 1. The summed E-state index contributed by atoms with van der Waals surface area (Å²) in [6.07, 6.45) is 0.227. The number of aryl methyl sites for hydroxylation is 1. The van der Waals surface area contributed by atoms with Crippen molar-refractivity contribution in [3.8, 4) is 0 Å². The smallest absolute Gasteiger partial charge is 0.318 e. The van der Waals surface area contributed by atoms with Crippen LogP contribution < -0.4 is 5.32 Å². The van der Waals surface area contributed by atoms with Crippen molar-refractivity contribution >= 4 is 12.0 Å². The van der Waals surface area contributed by atoms with E-state index in [1.807, 2.05) is 31.2 Å². The molecule has 5 heteroatoms. The number of benzene rings is 1. The number of carbonyl (C=O) groups is 2.